The molecule has 0 spiro atoms. The van der Waals surface area contributed by atoms with Gasteiger partial charge in [-0.15, -0.1) is 0 Å². The van der Waals surface area contributed by atoms with Crippen LogP contribution < -0.4 is 5.32 Å². The van der Waals surface area contributed by atoms with Gasteiger partial charge in [-0.05, 0) is 37.1 Å². The van der Waals surface area contributed by atoms with Crippen LogP contribution in [0.5, 0.6) is 0 Å². The average molecular weight is 235 g/mol. The summed E-state index contributed by atoms with van der Waals surface area (Å²) in [6.45, 7) is 0.965. The molecule has 0 bridgehead atoms. The molecule has 0 saturated carbocycles. The van der Waals surface area contributed by atoms with Crippen LogP contribution in [0, 0.1) is 5.82 Å². The van der Waals surface area contributed by atoms with E-state index in [4.69, 9.17) is 5.11 Å². The van der Waals surface area contributed by atoms with Gasteiger partial charge in [0.15, 0.2) is 0 Å². The van der Waals surface area contributed by atoms with Gasteiger partial charge in [-0.3, -0.25) is 0 Å². The zero-order valence-electron chi connectivity index (χ0n) is 9.32. The minimum atomic E-state index is -1.08. The molecule has 0 aliphatic carbocycles. The molecule has 0 aromatic heterocycles. The topological polar surface area (TPSA) is 49.3 Å². The molecule has 1 heterocycles. The van der Waals surface area contributed by atoms with Gasteiger partial charge in [-0.2, -0.15) is 0 Å². The second kappa shape index (κ2) is 5.10. The predicted octanol–water partition coefficient (Wildman–Crippen LogP) is 2.35. The highest BCUT2D eigenvalue weighted by Crippen LogP contribution is 2.24. The van der Waals surface area contributed by atoms with Crippen LogP contribution in [-0.4, -0.2) is 17.6 Å². The van der Waals surface area contributed by atoms with E-state index in [-0.39, 0.29) is 11.9 Å². The molecule has 90 valence electrons. The Labute approximate surface area is 99.0 Å². The Balaban J connectivity index is 2.19. The fraction of sp³-hybridized carbons (Fsp3) is 0.308. The second-order valence-electron chi connectivity index (χ2n) is 4.10. The van der Waals surface area contributed by atoms with Crippen molar-refractivity contribution >= 4 is 12.0 Å². The van der Waals surface area contributed by atoms with Crippen molar-refractivity contribution in [2.45, 2.75) is 18.9 Å². The first-order valence-corrected chi connectivity index (χ1v) is 5.60. The summed E-state index contributed by atoms with van der Waals surface area (Å²) < 4.78 is 13.7. The Morgan fingerprint density at radius 3 is 2.94 bits per heavy atom. The number of aliphatic carboxylic acids is 1. The molecule has 1 aromatic carbocycles. The number of hydrogen-bond donors (Lipinski definition) is 2. The predicted molar refractivity (Wildman–Crippen MR) is 63.0 cm³/mol. The molecule has 1 saturated heterocycles. The van der Waals surface area contributed by atoms with Crippen LogP contribution >= 0.6 is 0 Å². The lowest BCUT2D eigenvalue weighted by atomic mass is 10.0. The van der Waals surface area contributed by atoms with E-state index >= 15 is 0 Å². The minimum absolute atomic E-state index is 0.224. The van der Waals surface area contributed by atoms with Crippen molar-refractivity contribution < 1.29 is 14.3 Å². The summed E-state index contributed by atoms with van der Waals surface area (Å²) in [5.41, 5.74) is 1.22. The average Bonchev–Trinajstić information content (AvgIpc) is 2.80. The molecule has 3 nitrogen and oxygen atoms in total. The highest BCUT2D eigenvalue weighted by molar-refractivity contribution is 5.85. The maximum Gasteiger partial charge on any atom is 0.328 e. The first kappa shape index (κ1) is 11.8. The number of rotatable bonds is 3. The fourth-order valence-electron chi connectivity index (χ4n) is 2.03. The van der Waals surface area contributed by atoms with Crippen molar-refractivity contribution in [3.8, 4) is 0 Å². The Bertz CT molecular complexity index is 451. The van der Waals surface area contributed by atoms with E-state index in [1.54, 1.807) is 6.07 Å². The largest absolute Gasteiger partial charge is 0.478 e. The van der Waals surface area contributed by atoms with Gasteiger partial charge in [0.2, 0.25) is 0 Å². The molecule has 4 heteroatoms. The van der Waals surface area contributed by atoms with Crippen LogP contribution in [0.25, 0.3) is 6.08 Å². The van der Waals surface area contributed by atoms with Crippen molar-refractivity contribution in [2.24, 2.45) is 0 Å². The van der Waals surface area contributed by atoms with Gasteiger partial charge in [0.1, 0.15) is 5.82 Å². The monoisotopic (exact) mass is 235 g/mol. The first-order valence-electron chi connectivity index (χ1n) is 5.60. The summed E-state index contributed by atoms with van der Waals surface area (Å²) in [6, 6.07) is 5.16. The Morgan fingerprint density at radius 2 is 2.35 bits per heavy atom. The summed E-state index contributed by atoms with van der Waals surface area (Å²) in [5, 5.41) is 11.8. The summed E-state index contributed by atoms with van der Waals surface area (Å²) in [5.74, 6) is -1.46. The highest BCUT2D eigenvalue weighted by Gasteiger charge is 2.16. The number of halogens is 1. The van der Waals surface area contributed by atoms with Crippen LogP contribution in [0.1, 0.15) is 30.0 Å². The van der Waals surface area contributed by atoms with Gasteiger partial charge in [0.25, 0.3) is 0 Å². The van der Waals surface area contributed by atoms with Crippen LogP contribution in [0.3, 0.4) is 0 Å². The number of hydrogen-bond acceptors (Lipinski definition) is 2. The number of carboxylic acids is 1. The molecule has 1 atom stereocenters. The molecule has 0 radical (unpaired) electrons. The van der Waals surface area contributed by atoms with E-state index in [2.05, 4.69) is 5.32 Å². The van der Waals surface area contributed by atoms with Gasteiger partial charge in [-0.1, -0.05) is 12.1 Å². The van der Waals surface area contributed by atoms with E-state index in [0.29, 0.717) is 5.56 Å². The zero-order chi connectivity index (χ0) is 12.3. The Kier molecular flexibility index (Phi) is 3.54. The summed E-state index contributed by atoms with van der Waals surface area (Å²) in [7, 11) is 0. The van der Waals surface area contributed by atoms with E-state index < -0.39 is 5.97 Å². The Morgan fingerprint density at radius 1 is 1.53 bits per heavy atom. The summed E-state index contributed by atoms with van der Waals surface area (Å²) in [4.78, 5) is 10.3. The normalized spacial score (nSPS) is 19.9. The quantitative estimate of drug-likeness (QED) is 0.791. The molecule has 2 rings (SSSR count). The molecule has 1 fully saturated rings. The van der Waals surface area contributed by atoms with Crippen LogP contribution in [-0.2, 0) is 4.79 Å². The van der Waals surface area contributed by atoms with Gasteiger partial charge < -0.3 is 10.4 Å². The van der Waals surface area contributed by atoms with Crippen LogP contribution in [0.4, 0.5) is 4.39 Å². The number of benzene rings is 1. The number of carbonyl (C=O) groups is 1. The third-order valence-corrected chi connectivity index (χ3v) is 2.89. The molecule has 0 amide bonds. The zero-order valence-corrected chi connectivity index (χ0v) is 9.32. The highest BCUT2D eigenvalue weighted by atomic mass is 19.1. The Hall–Kier alpha value is -1.68. The van der Waals surface area contributed by atoms with Crippen molar-refractivity contribution in [2.75, 3.05) is 6.54 Å². The molecular formula is C13H14FNO2. The SMILES string of the molecule is O=C(O)/C=C/c1ccc([C@@H]2CCCN2)cc1F. The first-order chi connectivity index (χ1) is 8.16. The number of nitrogens with one attached hydrogen (secondary N) is 1. The molecule has 1 aromatic rings. The molecule has 1 aliphatic heterocycles. The van der Waals surface area contributed by atoms with Gasteiger partial charge >= 0.3 is 5.97 Å². The summed E-state index contributed by atoms with van der Waals surface area (Å²) >= 11 is 0. The van der Waals surface area contributed by atoms with Crippen molar-refractivity contribution in [3.63, 3.8) is 0 Å². The lowest BCUT2D eigenvalue weighted by Crippen LogP contribution is -2.13. The third-order valence-electron chi connectivity index (χ3n) is 2.89. The van der Waals surface area contributed by atoms with Gasteiger partial charge in [-0.25, -0.2) is 9.18 Å². The molecule has 17 heavy (non-hydrogen) atoms. The maximum absolute atomic E-state index is 13.7. The molecule has 1 aliphatic rings. The molecule has 2 N–H and O–H groups in total. The van der Waals surface area contributed by atoms with Crippen molar-refractivity contribution in [1.29, 1.82) is 0 Å². The molecular weight excluding hydrogens is 221 g/mol. The van der Waals surface area contributed by atoms with E-state index in [1.165, 1.54) is 12.1 Å². The lowest BCUT2D eigenvalue weighted by molar-refractivity contribution is -0.131. The second-order valence-corrected chi connectivity index (χ2v) is 4.10. The minimum Gasteiger partial charge on any atom is -0.478 e. The standard InChI is InChI=1S/C13H14FNO2/c14-11-8-10(12-2-1-7-15-12)4-3-9(11)5-6-13(16)17/h3-6,8,12,15H,1-2,7H2,(H,16,17)/b6-5+/t12-/m0/s1. The van der Waals surface area contributed by atoms with E-state index in [9.17, 15) is 9.18 Å². The van der Waals surface area contributed by atoms with Gasteiger partial charge in [0.05, 0.1) is 0 Å². The maximum atomic E-state index is 13.7. The third kappa shape index (κ3) is 2.91. The molecule has 0 unspecified atom stereocenters. The van der Waals surface area contributed by atoms with Crippen LogP contribution in [0.15, 0.2) is 24.3 Å². The summed E-state index contributed by atoms with van der Waals surface area (Å²) in [6.07, 6.45) is 4.33. The number of carboxylic acid groups (broad SMARTS) is 1. The van der Waals surface area contributed by atoms with E-state index in [0.717, 1.165) is 31.0 Å². The van der Waals surface area contributed by atoms with Crippen LogP contribution in [0.2, 0.25) is 0 Å². The fourth-order valence-corrected chi connectivity index (χ4v) is 2.03. The van der Waals surface area contributed by atoms with Gasteiger partial charge in [0, 0.05) is 17.7 Å². The smallest absolute Gasteiger partial charge is 0.328 e. The van der Waals surface area contributed by atoms with Crippen molar-refractivity contribution in [1.82, 2.24) is 5.32 Å². The van der Waals surface area contributed by atoms with Crippen molar-refractivity contribution in [3.05, 3.63) is 41.2 Å². The van der Waals surface area contributed by atoms with E-state index in [1.807, 2.05) is 6.07 Å². The lowest BCUT2D eigenvalue weighted by Gasteiger charge is -2.11.